The standard InChI is InChI=1S/C14H20O4/c1-2-10(7-12-5-3-4-6-17-12)13-8-11(15)9-14(16)18-13/h8-10,12,15H,2-7H2,1H3. The molecule has 0 aliphatic carbocycles. The summed E-state index contributed by atoms with van der Waals surface area (Å²) in [6.45, 7) is 2.88. The van der Waals surface area contributed by atoms with Gasteiger partial charge in [-0.15, -0.1) is 0 Å². The summed E-state index contributed by atoms with van der Waals surface area (Å²) in [7, 11) is 0. The number of hydrogen-bond donors (Lipinski definition) is 1. The molecule has 1 aromatic heterocycles. The van der Waals surface area contributed by atoms with Crippen LogP contribution in [0, 0.1) is 0 Å². The Morgan fingerprint density at radius 1 is 1.44 bits per heavy atom. The summed E-state index contributed by atoms with van der Waals surface area (Å²) in [4.78, 5) is 11.3. The van der Waals surface area contributed by atoms with Crippen LogP contribution in [0.25, 0.3) is 0 Å². The first kappa shape index (κ1) is 13.1. The molecule has 0 bridgehead atoms. The fourth-order valence-electron chi connectivity index (χ4n) is 2.48. The molecule has 0 aromatic carbocycles. The number of hydrogen-bond acceptors (Lipinski definition) is 4. The lowest BCUT2D eigenvalue weighted by molar-refractivity contribution is 0.00543. The first-order chi connectivity index (χ1) is 8.69. The fraction of sp³-hybridized carbons (Fsp3) is 0.643. The molecule has 2 rings (SSSR count). The van der Waals surface area contributed by atoms with Gasteiger partial charge in [0.1, 0.15) is 11.5 Å². The molecule has 1 saturated heterocycles. The molecule has 4 heteroatoms. The average Bonchev–Trinajstić information content (AvgIpc) is 2.36. The van der Waals surface area contributed by atoms with Crippen molar-refractivity contribution in [2.24, 2.45) is 0 Å². The molecule has 1 aliphatic heterocycles. The third-order valence-corrected chi connectivity index (χ3v) is 3.49. The highest BCUT2D eigenvalue weighted by molar-refractivity contribution is 5.20. The third-order valence-electron chi connectivity index (χ3n) is 3.49. The summed E-state index contributed by atoms with van der Waals surface area (Å²) in [5.41, 5.74) is -0.493. The summed E-state index contributed by atoms with van der Waals surface area (Å²) < 4.78 is 10.9. The molecule has 0 saturated carbocycles. The molecule has 2 heterocycles. The topological polar surface area (TPSA) is 59.7 Å². The predicted molar refractivity (Wildman–Crippen MR) is 67.9 cm³/mol. The first-order valence-electron chi connectivity index (χ1n) is 6.64. The molecule has 0 radical (unpaired) electrons. The minimum absolute atomic E-state index is 0.0238. The second-order valence-corrected chi connectivity index (χ2v) is 4.87. The van der Waals surface area contributed by atoms with E-state index in [0.29, 0.717) is 5.76 Å². The van der Waals surface area contributed by atoms with Crippen LogP contribution in [0.3, 0.4) is 0 Å². The van der Waals surface area contributed by atoms with Crippen molar-refractivity contribution in [2.45, 2.75) is 51.0 Å². The summed E-state index contributed by atoms with van der Waals surface area (Å²) in [6, 6.07) is 2.63. The summed E-state index contributed by atoms with van der Waals surface area (Å²) in [5.74, 6) is 0.675. The Morgan fingerprint density at radius 2 is 2.28 bits per heavy atom. The van der Waals surface area contributed by atoms with Crippen LogP contribution >= 0.6 is 0 Å². The maximum absolute atomic E-state index is 11.3. The zero-order chi connectivity index (χ0) is 13.0. The second kappa shape index (κ2) is 6.05. The molecule has 0 spiro atoms. The van der Waals surface area contributed by atoms with Gasteiger partial charge >= 0.3 is 5.63 Å². The van der Waals surface area contributed by atoms with Crippen molar-refractivity contribution < 1.29 is 14.3 Å². The van der Waals surface area contributed by atoms with Crippen molar-refractivity contribution in [2.75, 3.05) is 6.61 Å². The molecule has 0 amide bonds. The molecule has 1 aliphatic rings. The van der Waals surface area contributed by atoms with E-state index in [2.05, 4.69) is 6.92 Å². The van der Waals surface area contributed by atoms with Crippen LogP contribution in [0.15, 0.2) is 21.3 Å². The Kier molecular flexibility index (Phi) is 4.42. The van der Waals surface area contributed by atoms with E-state index in [-0.39, 0.29) is 17.8 Å². The predicted octanol–water partition coefficient (Wildman–Crippen LogP) is 2.80. The molecular weight excluding hydrogens is 232 g/mol. The fourth-order valence-corrected chi connectivity index (χ4v) is 2.48. The van der Waals surface area contributed by atoms with Gasteiger partial charge in [-0.25, -0.2) is 4.79 Å². The Morgan fingerprint density at radius 3 is 2.89 bits per heavy atom. The lowest BCUT2D eigenvalue weighted by Crippen LogP contribution is -2.21. The van der Waals surface area contributed by atoms with Crippen LogP contribution in [0.5, 0.6) is 5.75 Å². The van der Waals surface area contributed by atoms with Gasteiger partial charge in [0.15, 0.2) is 0 Å². The monoisotopic (exact) mass is 252 g/mol. The lowest BCUT2D eigenvalue weighted by Gasteiger charge is -2.25. The average molecular weight is 252 g/mol. The van der Waals surface area contributed by atoms with Crippen molar-refractivity contribution in [1.82, 2.24) is 0 Å². The Bertz CT molecular complexity index is 432. The minimum Gasteiger partial charge on any atom is -0.508 e. The van der Waals surface area contributed by atoms with Gasteiger partial charge in [0.05, 0.1) is 12.2 Å². The zero-order valence-electron chi connectivity index (χ0n) is 10.7. The van der Waals surface area contributed by atoms with Gasteiger partial charge in [0, 0.05) is 18.6 Å². The SMILES string of the molecule is CCC(CC1CCCCO1)c1cc(O)cc(=O)o1. The molecule has 1 N–H and O–H groups in total. The molecular formula is C14H20O4. The zero-order valence-corrected chi connectivity index (χ0v) is 10.7. The second-order valence-electron chi connectivity index (χ2n) is 4.87. The van der Waals surface area contributed by atoms with Crippen molar-refractivity contribution in [3.8, 4) is 5.75 Å². The van der Waals surface area contributed by atoms with Crippen LogP contribution in [-0.4, -0.2) is 17.8 Å². The summed E-state index contributed by atoms with van der Waals surface area (Å²) >= 11 is 0. The highest BCUT2D eigenvalue weighted by Crippen LogP contribution is 2.29. The van der Waals surface area contributed by atoms with Crippen LogP contribution in [0.2, 0.25) is 0 Å². The molecule has 1 aromatic rings. The maximum Gasteiger partial charge on any atom is 0.339 e. The Hall–Kier alpha value is -1.29. The van der Waals surface area contributed by atoms with Gasteiger partial charge in [-0.05, 0) is 32.1 Å². The van der Waals surface area contributed by atoms with Crippen LogP contribution in [0.4, 0.5) is 0 Å². The molecule has 2 atom stereocenters. The van der Waals surface area contributed by atoms with E-state index in [1.807, 2.05) is 0 Å². The van der Waals surface area contributed by atoms with E-state index in [1.54, 1.807) is 6.07 Å². The van der Waals surface area contributed by atoms with Crippen molar-refractivity contribution in [1.29, 1.82) is 0 Å². The van der Waals surface area contributed by atoms with Gasteiger partial charge in [-0.2, -0.15) is 0 Å². The minimum atomic E-state index is -0.493. The molecule has 2 unspecified atom stereocenters. The Balaban J connectivity index is 2.09. The molecule has 1 fully saturated rings. The Labute approximate surface area is 107 Å². The van der Waals surface area contributed by atoms with Crippen molar-refractivity contribution >= 4 is 0 Å². The van der Waals surface area contributed by atoms with Crippen LogP contribution in [0.1, 0.15) is 50.7 Å². The van der Waals surface area contributed by atoms with E-state index < -0.39 is 5.63 Å². The number of aromatic hydroxyl groups is 1. The normalized spacial score (nSPS) is 21.7. The highest BCUT2D eigenvalue weighted by Gasteiger charge is 2.21. The van der Waals surface area contributed by atoms with E-state index in [4.69, 9.17) is 9.15 Å². The van der Waals surface area contributed by atoms with E-state index >= 15 is 0 Å². The van der Waals surface area contributed by atoms with E-state index in [0.717, 1.165) is 38.4 Å². The highest BCUT2D eigenvalue weighted by atomic mass is 16.5. The maximum atomic E-state index is 11.3. The van der Waals surface area contributed by atoms with Gasteiger partial charge < -0.3 is 14.3 Å². The van der Waals surface area contributed by atoms with Crippen LogP contribution in [-0.2, 0) is 4.74 Å². The lowest BCUT2D eigenvalue weighted by atomic mass is 9.92. The van der Waals surface area contributed by atoms with Gasteiger partial charge in [-0.3, -0.25) is 0 Å². The van der Waals surface area contributed by atoms with Gasteiger partial charge in [0.2, 0.25) is 0 Å². The first-order valence-corrected chi connectivity index (χ1v) is 6.64. The quantitative estimate of drug-likeness (QED) is 0.895. The summed E-state index contributed by atoms with van der Waals surface area (Å²) in [6.07, 6.45) is 5.37. The smallest absolute Gasteiger partial charge is 0.339 e. The van der Waals surface area contributed by atoms with Gasteiger partial charge in [-0.1, -0.05) is 6.92 Å². The van der Waals surface area contributed by atoms with Crippen LogP contribution < -0.4 is 5.63 Å². The van der Waals surface area contributed by atoms with E-state index in [1.165, 1.54) is 6.42 Å². The largest absolute Gasteiger partial charge is 0.508 e. The number of ether oxygens (including phenoxy) is 1. The molecule has 4 nitrogen and oxygen atoms in total. The molecule has 18 heavy (non-hydrogen) atoms. The van der Waals surface area contributed by atoms with E-state index in [9.17, 15) is 9.90 Å². The van der Waals surface area contributed by atoms with Gasteiger partial charge in [0.25, 0.3) is 0 Å². The molecule has 100 valence electrons. The van der Waals surface area contributed by atoms with Crippen molar-refractivity contribution in [3.05, 3.63) is 28.3 Å². The number of rotatable bonds is 4. The van der Waals surface area contributed by atoms with Crippen molar-refractivity contribution in [3.63, 3.8) is 0 Å². The summed E-state index contributed by atoms with van der Waals surface area (Å²) in [5, 5.41) is 9.45. The third kappa shape index (κ3) is 3.35.